The summed E-state index contributed by atoms with van der Waals surface area (Å²) in [7, 11) is 0. The van der Waals surface area contributed by atoms with Crippen molar-refractivity contribution in [3.8, 4) is 11.4 Å². The quantitative estimate of drug-likeness (QED) is 0.684. The Hall–Kier alpha value is -1.39. The van der Waals surface area contributed by atoms with Crippen LogP contribution in [0.1, 0.15) is 0 Å². The van der Waals surface area contributed by atoms with Gasteiger partial charge in [0.05, 0.1) is 5.02 Å². The van der Waals surface area contributed by atoms with Gasteiger partial charge in [0, 0.05) is 16.2 Å². The first kappa shape index (κ1) is 10.7. The van der Waals surface area contributed by atoms with Gasteiger partial charge in [-0.1, -0.05) is 39.7 Å². The molecule has 0 fully saturated rings. The highest BCUT2D eigenvalue weighted by Gasteiger charge is 2.06. The number of rotatable bonds is 1. The Morgan fingerprint density at radius 2 is 1.82 bits per heavy atom. The summed E-state index contributed by atoms with van der Waals surface area (Å²) in [4.78, 5) is 4.43. The van der Waals surface area contributed by atoms with Crippen LogP contribution in [0.25, 0.3) is 17.0 Å². The van der Waals surface area contributed by atoms with E-state index < -0.39 is 0 Å². The Morgan fingerprint density at radius 1 is 1.06 bits per heavy atom. The molecule has 3 rings (SSSR count). The zero-order valence-electron chi connectivity index (χ0n) is 8.64. The van der Waals surface area contributed by atoms with Gasteiger partial charge in [-0.25, -0.2) is 9.50 Å². The molecule has 0 saturated carbocycles. The number of fused-ring (bicyclic) bond motifs is 1. The van der Waals surface area contributed by atoms with E-state index in [-0.39, 0.29) is 0 Å². The summed E-state index contributed by atoms with van der Waals surface area (Å²) in [6.07, 6.45) is 1.74. The summed E-state index contributed by atoms with van der Waals surface area (Å²) in [6.45, 7) is 0. The van der Waals surface area contributed by atoms with Gasteiger partial charge in [0.2, 0.25) is 0 Å². The number of halogens is 2. The van der Waals surface area contributed by atoms with Crippen LogP contribution < -0.4 is 0 Å². The molecule has 17 heavy (non-hydrogen) atoms. The van der Waals surface area contributed by atoms with E-state index in [9.17, 15) is 0 Å². The molecule has 3 nitrogen and oxygen atoms in total. The fourth-order valence-corrected chi connectivity index (χ4v) is 2.00. The van der Waals surface area contributed by atoms with E-state index in [0.717, 1.165) is 15.7 Å². The molecule has 0 bridgehead atoms. The van der Waals surface area contributed by atoms with E-state index >= 15 is 0 Å². The predicted octanol–water partition coefficient (Wildman–Crippen LogP) is 3.81. The minimum absolute atomic E-state index is 0.643. The molecule has 5 heteroatoms. The molecule has 1 aromatic carbocycles. The fraction of sp³-hybridized carbons (Fsp3) is 0. The zero-order chi connectivity index (χ0) is 11.8. The van der Waals surface area contributed by atoms with Crippen LogP contribution in [-0.4, -0.2) is 14.6 Å². The van der Waals surface area contributed by atoms with Gasteiger partial charge >= 0.3 is 0 Å². The smallest absolute Gasteiger partial charge is 0.182 e. The molecule has 0 aliphatic heterocycles. The second-order valence-electron chi connectivity index (χ2n) is 3.59. The molecule has 0 amide bonds. The fourth-order valence-electron chi connectivity index (χ4n) is 1.58. The van der Waals surface area contributed by atoms with Gasteiger partial charge in [0.25, 0.3) is 0 Å². The first-order chi connectivity index (χ1) is 8.22. The number of pyridine rings is 1. The third kappa shape index (κ3) is 2.06. The highest BCUT2D eigenvalue weighted by Crippen LogP contribution is 2.20. The van der Waals surface area contributed by atoms with Crippen molar-refractivity contribution >= 4 is 33.2 Å². The summed E-state index contributed by atoms with van der Waals surface area (Å²) in [5.41, 5.74) is 1.76. The SMILES string of the molecule is Clc1ccc2nc(-c3ccc(Br)cc3)nn2c1. The standard InChI is InChI=1S/C12H7BrClN3/c13-9-3-1-8(2-4-9)12-15-11-6-5-10(14)7-17(11)16-12/h1-7H. The minimum atomic E-state index is 0.643. The van der Waals surface area contributed by atoms with Crippen molar-refractivity contribution < 1.29 is 0 Å². The van der Waals surface area contributed by atoms with Gasteiger partial charge in [0.15, 0.2) is 11.5 Å². The average molecular weight is 309 g/mol. The van der Waals surface area contributed by atoms with Crippen molar-refractivity contribution in [2.75, 3.05) is 0 Å². The van der Waals surface area contributed by atoms with E-state index in [1.54, 1.807) is 16.8 Å². The van der Waals surface area contributed by atoms with Crippen LogP contribution in [0, 0.1) is 0 Å². The van der Waals surface area contributed by atoms with Crippen molar-refractivity contribution in [1.29, 1.82) is 0 Å². The molecular weight excluding hydrogens is 302 g/mol. The molecule has 2 aromatic heterocycles. The maximum atomic E-state index is 5.90. The lowest BCUT2D eigenvalue weighted by atomic mass is 10.2. The van der Waals surface area contributed by atoms with Crippen LogP contribution >= 0.6 is 27.5 Å². The Kier molecular flexibility index (Phi) is 2.61. The molecule has 0 spiro atoms. The molecule has 0 aliphatic carbocycles. The lowest BCUT2D eigenvalue weighted by Crippen LogP contribution is -1.86. The van der Waals surface area contributed by atoms with Gasteiger partial charge in [0.1, 0.15) is 0 Å². The molecule has 0 N–H and O–H groups in total. The average Bonchev–Trinajstić information content (AvgIpc) is 2.72. The third-order valence-electron chi connectivity index (χ3n) is 2.40. The van der Waals surface area contributed by atoms with Crippen molar-refractivity contribution in [2.24, 2.45) is 0 Å². The largest absolute Gasteiger partial charge is 0.219 e. The van der Waals surface area contributed by atoms with Gasteiger partial charge in [-0.3, -0.25) is 0 Å². The highest BCUT2D eigenvalue weighted by atomic mass is 79.9. The van der Waals surface area contributed by atoms with Gasteiger partial charge in [-0.2, -0.15) is 0 Å². The Labute approximate surface area is 111 Å². The molecule has 0 atom stereocenters. The second-order valence-corrected chi connectivity index (χ2v) is 4.94. The van der Waals surface area contributed by atoms with E-state index in [1.807, 2.05) is 30.3 Å². The van der Waals surface area contributed by atoms with Crippen LogP contribution in [0.2, 0.25) is 5.02 Å². The van der Waals surface area contributed by atoms with E-state index in [4.69, 9.17) is 11.6 Å². The number of aromatic nitrogens is 3. The van der Waals surface area contributed by atoms with Crippen LogP contribution in [0.15, 0.2) is 47.1 Å². The Balaban J connectivity index is 2.14. The monoisotopic (exact) mass is 307 g/mol. The normalized spacial score (nSPS) is 10.9. The first-order valence-corrected chi connectivity index (χ1v) is 6.17. The van der Waals surface area contributed by atoms with Crippen molar-refractivity contribution in [2.45, 2.75) is 0 Å². The van der Waals surface area contributed by atoms with Gasteiger partial charge in [-0.05, 0) is 24.3 Å². The maximum absolute atomic E-state index is 5.90. The van der Waals surface area contributed by atoms with E-state index in [1.165, 1.54) is 0 Å². The molecule has 0 saturated heterocycles. The summed E-state index contributed by atoms with van der Waals surface area (Å²) < 4.78 is 2.72. The summed E-state index contributed by atoms with van der Waals surface area (Å²) in [5, 5.41) is 5.02. The van der Waals surface area contributed by atoms with Crippen molar-refractivity contribution in [3.05, 3.63) is 52.1 Å². The molecule has 0 aliphatic rings. The molecule has 84 valence electrons. The molecule has 2 heterocycles. The molecule has 3 aromatic rings. The van der Waals surface area contributed by atoms with Crippen LogP contribution in [0.5, 0.6) is 0 Å². The van der Waals surface area contributed by atoms with E-state index in [0.29, 0.717) is 10.8 Å². The topological polar surface area (TPSA) is 30.2 Å². The minimum Gasteiger partial charge on any atom is -0.219 e. The van der Waals surface area contributed by atoms with E-state index in [2.05, 4.69) is 26.0 Å². The van der Waals surface area contributed by atoms with Gasteiger partial charge < -0.3 is 0 Å². The molecule has 0 unspecified atom stereocenters. The lowest BCUT2D eigenvalue weighted by Gasteiger charge is -1.94. The predicted molar refractivity (Wildman–Crippen MR) is 71.1 cm³/mol. The molecule has 0 radical (unpaired) electrons. The first-order valence-electron chi connectivity index (χ1n) is 5.00. The Morgan fingerprint density at radius 3 is 2.59 bits per heavy atom. The number of benzene rings is 1. The highest BCUT2D eigenvalue weighted by molar-refractivity contribution is 9.10. The van der Waals surface area contributed by atoms with Crippen LogP contribution in [-0.2, 0) is 0 Å². The summed E-state index contributed by atoms with van der Waals surface area (Å²) in [6, 6.07) is 11.5. The molecular formula is C12H7BrClN3. The third-order valence-corrected chi connectivity index (χ3v) is 3.15. The second kappa shape index (κ2) is 4.13. The lowest BCUT2D eigenvalue weighted by molar-refractivity contribution is 0.966. The number of hydrogen-bond acceptors (Lipinski definition) is 2. The Bertz CT molecular complexity index is 676. The number of nitrogens with zero attached hydrogens (tertiary/aromatic N) is 3. The summed E-state index contributed by atoms with van der Waals surface area (Å²) in [5.74, 6) is 0.694. The van der Waals surface area contributed by atoms with Gasteiger partial charge in [-0.15, -0.1) is 5.10 Å². The zero-order valence-corrected chi connectivity index (χ0v) is 11.0. The van der Waals surface area contributed by atoms with Crippen LogP contribution in [0.4, 0.5) is 0 Å². The van der Waals surface area contributed by atoms with Crippen LogP contribution in [0.3, 0.4) is 0 Å². The van der Waals surface area contributed by atoms with Crippen molar-refractivity contribution in [3.63, 3.8) is 0 Å². The van der Waals surface area contributed by atoms with Crippen molar-refractivity contribution in [1.82, 2.24) is 14.6 Å². The number of hydrogen-bond donors (Lipinski definition) is 0. The summed E-state index contributed by atoms with van der Waals surface area (Å²) >= 11 is 9.30. The maximum Gasteiger partial charge on any atom is 0.182 e.